The third-order valence-electron chi connectivity index (χ3n) is 2.53. The van der Waals surface area contributed by atoms with Crippen LogP contribution in [0.25, 0.3) is 0 Å². The zero-order chi connectivity index (χ0) is 14.7. The summed E-state index contributed by atoms with van der Waals surface area (Å²) in [6.07, 6.45) is 2.87. The molecule has 0 aliphatic rings. The van der Waals surface area contributed by atoms with Gasteiger partial charge in [0.15, 0.2) is 11.6 Å². The summed E-state index contributed by atoms with van der Waals surface area (Å²) in [4.78, 5) is 29.2. The Kier molecular flexibility index (Phi) is 3.74. The third kappa shape index (κ3) is 2.79. The van der Waals surface area contributed by atoms with Crippen LogP contribution in [0.15, 0.2) is 24.7 Å². The first-order valence-corrected chi connectivity index (χ1v) is 5.47. The molecule has 0 fully saturated rings. The number of hydrogen-bond acceptors (Lipinski definition) is 3. The van der Waals surface area contributed by atoms with Crippen molar-refractivity contribution in [2.75, 3.05) is 0 Å². The van der Waals surface area contributed by atoms with Crippen molar-refractivity contribution in [2.24, 2.45) is 0 Å². The number of nitrogens with zero attached hydrogens (tertiary/aromatic N) is 1. The number of rotatable bonds is 4. The van der Waals surface area contributed by atoms with Gasteiger partial charge < -0.3 is 15.4 Å². The molecule has 0 bridgehead atoms. The van der Waals surface area contributed by atoms with E-state index in [-0.39, 0.29) is 6.54 Å². The molecule has 1 aromatic carbocycles. The number of aromatic amines is 1. The third-order valence-corrected chi connectivity index (χ3v) is 2.53. The van der Waals surface area contributed by atoms with Crippen molar-refractivity contribution in [2.45, 2.75) is 6.54 Å². The molecule has 2 aromatic rings. The molecule has 0 unspecified atom stereocenters. The highest BCUT2D eigenvalue weighted by atomic mass is 19.2. The molecule has 0 atom stereocenters. The van der Waals surface area contributed by atoms with Crippen LogP contribution < -0.4 is 5.32 Å². The van der Waals surface area contributed by atoms with Gasteiger partial charge in [0.25, 0.3) is 5.91 Å². The molecule has 8 heteroatoms. The second kappa shape index (κ2) is 5.47. The minimum absolute atomic E-state index is 0.0525. The number of hydrogen-bond donors (Lipinski definition) is 3. The lowest BCUT2D eigenvalue weighted by molar-refractivity contribution is 0.0690. The van der Waals surface area contributed by atoms with E-state index in [4.69, 9.17) is 5.11 Å². The molecular weight excluding hydrogens is 272 g/mol. The molecular formula is C12H9F2N3O3. The minimum Gasteiger partial charge on any atom is -0.478 e. The quantitative estimate of drug-likeness (QED) is 0.787. The van der Waals surface area contributed by atoms with Crippen LogP contribution in [0.4, 0.5) is 8.78 Å². The van der Waals surface area contributed by atoms with Crippen molar-refractivity contribution in [3.05, 3.63) is 53.1 Å². The Morgan fingerprint density at radius 2 is 1.90 bits per heavy atom. The minimum atomic E-state index is -1.52. The van der Waals surface area contributed by atoms with Gasteiger partial charge in [0, 0.05) is 6.20 Å². The summed E-state index contributed by atoms with van der Waals surface area (Å²) in [7, 11) is 0. The predicted octanol–water partition coefficient (Wildman–Crippen LogP) is 1.32. The van der Waals surface area contributed by atoms with Gasteiger partial charge in [0.2, 0.25) is 0 Å². The molecule has 0 saturated heterocycles. The number of H-pyrrole nitrogens is 1. The first kappa shape index (κ1) is 13.7. The van der Waals surface area contributed by atoms with E-state index in [9.17, 15) is 18.4 Å². The molecule has 3 N–H and O–H groups in total. The lowest BCUT2D eigenvalue weighted by Gasteiger charge is -2.07. The van der Waals surface area contributed by atoms with Crippen LogP contribution in [0.1, 0.15) is 26.4 Å². The number of amides is 1. The van der Waals surface area contributed by atoms with Gasteiger partial charge in [-0.15, -0.1) is 0 Å². The largest absolute Gasteiger partial charge is 0.478 e. The average Bonchev–Trinajstić information content (AvgIpc) is 2.91. The molecule has 104 valence electrons. The average molecular weight is 281 g/mol. The van der Waals surface area contributed by atoms with E-state index in [0.29, 0.717) is 17.8 Å². The van der Waals surface area contributed by atoms with Crippen molar-refractivity contribution in [3.63, 3.8) is 0 Å². The van der Waals surface area contributed by atoms with Crippen LogP contribution in [0.3, 0.4) is 0 Å². The number of carbonyl (C=O) groups excluding carboxylic acids is 1. The van der Waals surface area contributed by atoms with Crippen LogP contribution >= 0.6 is 0 Å². The Hall–Kier alpha value is -2.77. The molecule has 0 aliphatic heterocycles. The SMILES string of the molecule is O=C(O)c1cc(F)c(F)cc1C(=O)NCc1cnc[nH]1. The summed E-state index contributed by atoms with van der Waals surface area (Å²) in [6, 6.07) is 1.03. The van der Waals surface area contributed by atoms with Crippen molar-refractivity contribution in [1.82, 2.24) is 15.3 Å². The van der Waals surface area contributed by atoms with E-state index in [1.54, 1.807) is 0 Å². The molecule has 0 saturated carbocycles. The highest BCUT2D eigenvalue weighted by Crippen LogP contribution is 2.15. The number of carboxylic acid groups (broad SMARTS) is 1. The lowest BCUT2D eigenvalue weighted by Crippen LogP contribution is -2.25. The van der Waals surface area contributed by atoms with Gasteiger partial charge in [-0.3, -0.25) is 4.79 Å². The summed E-state index contributed by atoms with van der Waals surface area (Å²) >= 11 is 0. The fraction of sp³-hybridized carbons (Fsp3) is 0.0833. The van der Waals surface area contributed by atoms with Gasteiger partial charge in [-0.05, 0) is 12.1 Å². The van der Waals surface area contributed by atoms with E-state index < -0.39 is 34.6 Å². The summed E-state index contributed by atoms with van der Waals surface area (Å²) in [5, 5.41) is 11.3. The second-order valence-electron chi connectivity index (χ2n) is 3.88. The lowest BCUT2D eigenvalue weighted by atomic mass is 10.1. The maximum atomic E-state index is 13.1. The number of aromatic nitrogens is 2. The topological polar surface area (TPSA) is 95.1 Å². The Balaban J connectivity index is 2.24. The Morgan fingerprint density at radius 1 is 1.25 bits per heavy atom. The van der Waals surface area contributed by atoms with Gasteiger partial charge >= 0.3 is 5.97 Å². The molecule has 2 rings (SSSR count). The van der Waals surface area contributed by atoms with Gasteiger partial charge in [-0.2, -0.15) is 0 Å². The summed E-state index contributed by atoms with van der Waals surface area (Å²) < 4.78 is 26.1. The van der Waals surface area contributed by atoms with Gasteiger partial charge in [-0.1, -0.05) is 0 Å². The number of benzene rings is 1. The van der Waals surface area contributed by atoms with Gasteiger partial charge in [0.05, 0.1) is 29.7 Å². The normalized spacial score (nSPS) is 10.3. The van der Waals surface area contributed by atoms with E-state index in [1.807, 2.05) is 0 Å². The summed E-state index contributed by atoms with van der Waals surface area (Å²) in [6.45, 7) is 0.0525. The van der Waals surface area contributed by atoms with Gasteiger partial charge in [-0.25, -0.2) is 18.6 Å². The van der Waals surface area contributed by atoms with Crippen molar-refractivity contribution in [3.8, 4) is 0 Å². The van der Waals surface area contributed by atoms with E-state index >= 15 is 0 Å². The number of imidazole rings is 1. The molecule has 0 radical (unpaired) electrons. The first-order valence-electron chi connectivity index (χ1n) is 5.47. The monoisotopic (exact) mass is 281 g/mol. The zero-order valence-corrected chi connectivity index (χ0v) is 9.98. The van der Waals surface area contributed by atoms with Crippen LogP contribution in [-0.2, 0) is 6.54 Å². The molecule has 0 aliphatic carbocycles. The molecule has 1 aromatic heterocycles. The van der Waals surface area contributed by atoms with E-state index in [1.165, 1.54) is 12.5 Å². The maximum absolute atomic E-state index is 13.1. The first-order chi connectivity index (χ1) is 9.49. The maximum Gasteiger partial charge on any atom is 0.336 e. The number of carboxylic acids is 1. The summed E-state index contributed by atoms with van der Waals surface area (Å²) in [5.41, 5.74) is -0.472. The van der Waals surface area contributed by atoms with Crippen LogP contribution in [-0.4, -0.2) is 27.0 Å². The molecule has 0 spiro atoms. The number of nitrogens with one attached hydrogen (secondary N) is 2. The molecule has 1 heterocycles. The van der Waals surface area contributed by atoms with Crippen LogP contribution in [0.5, 0.6) is 0 Å². The fourth-order valence-corrected chi connectivity index (χ4v) is 1.56. The predicted molar refractivity (Wildman–Crippen MR) is 63.1 cm³/mol. The highest BCUT2D eigenvalue weighted by Gasteiger charge is 2.20. The standard InChI is InChI=1S/C12H9F2N3O3/c13-9-1-7(8(12(19)20)2-10(9)14)11(18)16-4-6-3-15-5-17-6/h1-3,5H,4H2,(H,15,17)(H,16,18)(H,19,20). The molecule has 1 amide bonds. The zero-order valence-electron chi connectivity index (χ0n) is 9.98. The van der Waals surface area contributed by atoms with E-state index in [2.05, 4.69) is 15.3 Å². The highest BCUT2D eigenvalue weighted by molar-refractivity contribution is 6.04. The van der Waals surface area contributed by atoms with Crippen molar-refractivity contribution < 1.29 is 23.5 Å². The fourth-order valence-electron chi connectivity index (χ4n) is 1.56. The number of aromatic carboxylic acids is 1. The Labute approximate surface area is 111 Å². The molecule has 20 heavy (non-hydrogen) atoms. The van der Waals surface area contributed by atoms with Crippen molar-refractivity contribution >= 4 is 11.9 Å². The van der Waals surface area contributed by atoms with E-state index in [0.717, 1.165) is 0 Å². The smallest absolute Gasteiger partial charge is 0.336 e. The summed E-state index contributed by atoms with van der Waals surface area (Å²) in [5.74, 6) is -4.96. The van der Waals surface area contributed by atoms with Crippen LogP contribution in [0.2, 0.25) is 0 Å². The number of halogens is 2. The van der Waals surface area contributed by atoms with Gasteiger partial charge in [0.1, 0.15) is 0 Å². The number of carbonyl (C=O) groups is 2. The molecule has 6 nitrogen and oxygen atoms in total. The Morgan fingerprint density at radius 3 is 2.45 bits per heavy atom. The van der Waals surface area contributed by atoms with Crippen LogP contribution in [0, 0.1) is 11.6 Å². The Bertz CT molecular complexity index is 656. The van der Waals surface area contributed by atoms with Crippen molar-refractivity contribution in [1.29, 1.82) is 0 Å². The second-order valence-corrected chi connectivity index (χ2v) is 3.88.